The van der Waals surface area contributed by atoms with Crippen molar-refractivity contribution in [3.8, 4) is 0 Å². The second-order valence-corrected chi connectivity index (χ2v) is 15.2. The van der Waals surface area contributed by atoms with Gasteiger partial charge >= 0.3 is 35.6 Å². The summed E-state index contributed by atoms with van der Waals surface area (Å²) in [5.74, 6) is 3.81. The van der Waals surface area contributed by atoms with Gasteiger partial charge in [0.05, 0.1) is 0 Å². The van der Waals surface area contributed by atoms with E-state index in [-0.39, 0.29) is 0 Å². The first-order chi connectivity index (χ1) is 17.3. The van der Waals surface area contributed by atoms with Crippen LogP contribution < -0.4 is 0 Å². The average Bonchev–Trinajstić information content (AvgIpc) is 2.92. The third kappa shape index (κ3) is 8.86. The molecule has 5 heteroatoms. The van der Waals surface area contributed by atoms with Gasteiger partial charge in [-0.05, 0) is 11.8 Å². The summed E-state index contributed by atoms with van der Waals surface area (Å²) < 4.78 is 0. The van der Waals surface area contributed by atoms with Crippen LogP contribution in [0.3, 0.4) is 0 Å². The van der Waals surface area contributed by atoms with Gasteiger partial charge in [-0.2, -0.15) is 12.1 Å². The van der Waals surface area contributed by atoms with Crippen LogP contribution >= 0.6 is 18.6 Å². The van der Waals surface area contributed by atoms with Gasteiger partial charge in [-0.3, -0.25) is 0 Å². The minimum absolute atomic E-state index is 0.556. The van der Waals surface area contributed by atoms with Crippen LogP contribution in [0.1, 0.15) is 141 Å². The second-order valence-electron chi connectivity index (χ2n) is 12.6. The Labute approximate surface area is 234 Å². The van der Waals surface area contributed by atoms with Crippen LogP contribution in [0.4, 0.5) is 0 Å². The summed E-state index contributed by atoms with van der Waals surface area (Å²) in [4.78, 5) is 0. The van der Waals surface area contributed by atoms with Crippen molar-refractivity contribution in [2.75, 3.05) is 0 Å². The van der Waals surface area contributed by atoms with Crippen molar-refractivity contribution in [3.63, 3.8) is 0 Å². The van der Waals surface area contributed by atoms with Crippen LogP contribution in [0.2, 0.25) is 0 Å². The Morgan fingerprint density at radius 3 is 1.03 bits per heavy atom. The Bertz CT molecular complexity index is 519. The Kier molecular flexibility index (Phi) is 13.6. The Balaban J connectivity index is 0.000000917. The van der Waals surface area contributed by atoms with Crippen LogP contribution in [-0.4, -0.2) is 24.2 Å². The molecule has 5 fully saturated rings. The summed E-state index contributed by atoms with van der Waals surface area (Å²) in [6.07, 6.45) is 31.9. The molecule has 5 aliphatic carbocycles. The zero-order chi connectivity index (χ0) is 24.3. The molecule has 35 heavy (non-hydrogen) atoms. The zero-order valence-corrected chi connectivity index (χ0v) is 25.4. The summed E-state index contributed by atoms with van der Waals surface area (Å²) in [7, 11) is 9.78. The fraction of sp³-hybridized carbons (Fsp3) is 1.00. The van der Waals surface area contributed by atoms with E-state index in [0.717, 1.165) is 23.7 Å². The normalized spacial score (nSPS) is 37.8. The first-order valence-corrected chi connectivity index (χ1v) is 20.0. The van der Waals surface area contributed by atoms with Crippen molar-refractivity contribution < 1.29 is 17.0 Å². The van der Waals surface area contributed by atoms with E-state index in [0.29, 0.717) is 24.2 Å². The van der Waals surface area contributed by atoms with E-state index in [1.165, 1.54) is 141 Å². The summed E-state index contributed by atoms with van der Waals surface area (Å²) in [6.45, 7) is 0. The molecule has 0 heterocycles. The van der Waals surface area contributed by atoms with Crippen molar-refractivity contribution in [2.45, 2.75) is 165 Å². The molecule has 0 bridgehead atoms. The van der Waals surface area contributed by atoms with Crippen molar-refractivity contribution in [3.05, 3.63) is 10.6 Å². The van der Waals surface area contributed by atoms with E-state index in [4.69, 9.17) is 29.2 Å². The first kappa shape index (κ1) is 29.2. The molecule has 0 radical (unpaired) electrons. The summed E-state index contributed by atoms with van der Waals surface area (Å²) in [5, 5.41) is 11.5. The van der Waals surface area contributed by atoms with Gasteiger partial charge in [0.1, 0.15) is 0 Å². The Morgan fingerprint density at radius 1 is 0.371 bits per heavy atom. The van der Waals surface area contributed by atoms with Crippen LogP contribution in [0.25, 0.3) is 10.6 Å². The van der Waals surface area contributed by atoms with Gasteiger partial charge in [-0.15, -0.1) is 12.1 Å². The number of rotatable bonds is 6. The molecule has 202 valence electrons. The van der Waals surface area contributed by atoms with Gasteiger partial charge in [-0.1, -0.05) is 153 Å². The van der Waals surface area contributed by atoms with Crippen molar-refractivity contribution >= 4 is 18.6 Å². The third-order valence-corrected chi connectivity index (χ3v) is 10.5. The summed E-state index contributed by atoms with van der Waals surface area (Å²) >= 11 is -0.556. The van der Waals surface area contributed by atoms with Crippen LogP contribution in [0.5, 0.6) is 0 Å². The molecule has 0 aromatic heterocycles. The molecule has 0 spiro atoms. The fourth-order valence-electron chi connectivity index (χ4n) is 8.81. The molecular formula is C30H52Cl2N2Ti-2. The van der Waals surface area contributed by atoms with E-state index >= 15 is 0 Å². The standard InChI is InChI=1S/C30H52N2.2ClH.Ti/c1-3-13-23(14-4-1)25-17-7-9-19-27(25)31-29-21-11-12-22-30(29)32-28-20-10-8-18-26(28)24-15-5-2-6-16-24;;;/h23-30H,1-22H2;2*1H;/q-2;;;+2/p-2. The van der Waals surface area contributed by atoms with Gasteiger partial charge in [0, 0.05) is 0 Å². The molecule has 6 atom stereocenters. The molecule has 0 aliphatic heterocycles. The van der Waals surface area contributed by atoms with E-state index in [9.17, 15) is 0 Å². The van der Waals surface area contributed by atoms with Crippen LogP contribution in [0.15, 0.2) is 0 Å². The Morgan fingerprint density at radius 2 is 0.657 bits per heavy atom. The van der Waals surface area contributed by atoms with Gasteiger partial charge in [0.15, 0.2) is 0 Å². The van der Waals surface area contributed by atoms with Gasteiger partial charge in [0.25, 0.3) is 0 Å². The number of hydrogen-bond acceptors (Lipinski definition) is 0. The molecule has 6 unspecified atom stereocenters. The molecule has 0 N–H and O–H groups in total. The third-order valence-electron chi connectivity index (χ3n) is 10.5. The summed E-state index contributed by atoms with van der Waals surface area (Å²) in [6, 6.07) is 2.47. The molecular weight excluding hydrogens is 507 g/mol. The Hall–Kier alpha value is 1.21. The van der Waals surface area contributed by atoms with E-state index in [2.05, 4.69) is 0 Å². The van der Waals surface area contributed by atoms with Crippen LogP contribution in [0, 0.1) is 23.7 Å². The average molecular weight is 560 g/mol. The van der Waals surface area contributed by atoms with E-state index in [1.807, 2.05) is 0 Å². The van der Waals surface area contributed by atoms with Crippen molar-refractivity contribution in [2.24, 2.45) is 23.7 Å². The topological polar surface area (TPSA) is 28.2 Å². The molecule has 0 amide bonds. The predicted octanol–water partition coefficient (Wildman–Crippen LogP) is 10.7. The second kappa shape index (κ2) is 16.3. The van der Waals surface area contributed by atoms with Crippen molar-refractivity contribution in [1.29, 1.82) is 0 Å². The quantitative estimate of drug-likeness (QED) is 0.290. The maximum atomic E-state index is 5.74. The SMILES string of the molecule is C1CCC(C2CCCCC2[N-]C2CCCCC2[N-]C2CCCCC2C2CCCCC2)CC1.[Cl][Ti][Cl]. The fourth-order valence-corrected chi connectivity index (χ4v) is 8.81. The summed E-state index contributed by atoms with van der Waals surface area (Å²) in [5.41, 5.74) is 0. The van der Waals surface area contributed by atoms with Gasteiger partial charge in [-0.25, -0.2) is 0 Å². The first-order valence-electron chi connectivity index (χ1n) is 15.7. The number of halogens is 2. The molecule has 0 aromatic carbocycles. The molecule has 0 aromatic rings. The van der Waals surface area contributed by atoms with Gasteiger partial charge < -0.3 is 10.6 Å². The van der Waals surface area contributed by atoms with Crippen LogP contribution in [-0.2, 0) is 17.0 Å². The zero-order valence-electron chi connectivity index (χ0n) is 22.3. The molecule has 5 aliphatic rings. The number of hydrogen-bond donors (Lipinski definition) is 0. The number of nitrogens with zero attached hydrogens (tertiary/aromatic N) is 2. The minimum atomic E-state index is -0.556. The molecule has 0 saturated heterocycles. The molecule has 5 rings (SSSR count). The maximum absolute atomic E-state index is 5.74. The molecule has 5 saturated carbocycles. The van der Waals surface area contributed by atoms with E-state index < -0.39 is 17.0 Å². The molecule has 2 nitrogen and oxygen atoms in total. The van der Waals surface area contributed by atoms with E-state index in [1.54, 1.807) is 0 Å². The van der Waals surface area contributed by atoms with Gasteiger partial charge in [0.2, 0.25) is 0 Å². The van der Waals surface area contributed by atoms with Crippen molar-refractivity contribution in [1.82, 2.24) is 0 Å². The monoisotopic (exact) mass is 558 g/mol. The predicted molar refractivity (Wildman–Crippen MR) is 149 cm³/mol.